The van der Waals surface area contributed by atoms with Gasteiger partial charge in [0.1, 0.15) is 11.9 Å². The molecule has 1 N–H and O–H groups in total. The highest BCUT2D eigenvalue weighted by Gasteiger charge is 2.34. The summed E-state index contributed by atoms with van der Waals surface area (Å²) in [6.45, 7) is 3.16. The van der Waals surface area contributed by atoms with Gasteiger partial charge in [-0.15, -0.1) is 0 Å². The molecule has 1 amide bonds. The molecule has 8 nitrogen and oxygen atoms in total. The van der Waals surface area contributed by atoms with Crippen LogP contribution in [0.2, 0.25) is 0 Å². The van der Waals surface area contributed by atoms with Crippen molar-refractivity contribution in [3.8, 4) is 17.3 Å². The molecule has 1 unspecified atom stereocenters. The van der Waals surface area contributed by atoms with Crippen LogP contribution in [-0.2, 0) is 4.79 Å². The van der Waals surface area contributed by atoms with E-state index in [0.29, 0.717) is 28.4 Å². The molecule has 0 aromatic carbocycles. The molecule has 3 heterocycles. The molecule has 0 spiro atoms. The SMILES string of the molecule is COc1ncnc(C2CC2)c1-c1ncc2c(n1)=NC(=O)C(C(C)(C)O)C=2. The maximum Gasteiger partial charge on any atom is 0.257 e. The van der Waals surface area contributed by atoms with E-state index >= 15 is 0 Å². The third-order valence-electron chi connectivity index (χ3n) is 4.61. The van der Waals surface area contributed by atoms with Crippen molar-refractivity contribution in [3.05, 3.63) is 28.9 Å². The van der Waals surface area contributed by atoms with Crippen LogP contribution in [0.15, 0.2) is 17.5 Å². The van der Waals surface area contributed by atoms with Gasteiger partial charge < -0.3 is 9.84 Å². The van der Waals surface area contributed by atoms with Gasteiger partial charge in [-0.2, -0.15) is 4.99 Å². The fraction of sp³-hybridized carbons (Fsp3) is 0.444. The van der Waals surface area contributed by atoms with Crippen molar-refractivity contribution in [1.29, 1.82) is 0 Å². The second-order valence-corrected chi connectivity index (χ2v) is 7.14. The van der Waals surface area contributed by atoms with E-state index in [4.69, 9.17) is 4.74 Å². The summed E-state index contributed by atoms with van der Waals surface area (Å²) in [7, 11) is 1.54. The van der Waals surface area contributed by atoms with Crippen LogP contribution >= 0.6 is 0 Å². The van der Waals surface area contributed by atoms with Gasteiger partial charge in [0.2, 0.25) is 5.88 Å². The first-order valence-corrected chi connectivity index (χ1v) is 8.47. The van der Waals surface area contributed by atoms with Gasteiger partial charge in [-0.25, -0.2) is 19.9 Å². The van der Waals surface area contributed by atoms with Gasteiger partial charge in [0.15, 0.2) is 11.3 Å². The Morgan fingerprint density at radius 1 is 1.23 bits per heavy atom. The minimum absolute atomic E-state index is 0.285. The maximum atomic E-state index is 12.3. The lowest BCUT2D eigenvalue weighted by Crippen LogP contribution is -2.44. The highest BCUT2D eigenvalue weighted by molar-refractivity contribution is 5.87. The Bertz CT molecular complexity index is 1010. The molecular formula is C18H19N5O3. The molecule has 1 saturated carbocycles. The number of rotatable bonds is 4. The zero-order valence-electron chi connectivity index (χ0n) is 14.8. The molecule has 0 saturated heterocycles. The summed E-state index contributed by atoms with van der Waals surface area (Å²) in [4.78, 5) is 33.8. The van der Waals surface area contributed by atoms with Crippen LogP contribution in [0.4, 0.5) is 0 Å². The van der Waals surface area contributed by atoms with Crippen molar-refractivity contribution in [2.45, 2.75) is 38.2 Å². The van der Waals surface area contributed by atoms with Crippen LogP contribution in [0.3, 0.4) is 0 Å². The molecule has 26 heavy (non-hydrogen) atoms. The van der Waals surface area contributed by atoms with Crippen molar-refractivity contribution in [1.82, 2.24) is 19.9 Å². The molecule has 0 bridgehead atoms. The lowest BCUT2D eigenvalue weighted by atomic mass is 9.88. The summed E-state index contributed by atoms with van der Waals surface area (Å²) in [5.74, 6) is -0.00209. The van der Waals surface area contributed by atoms with E-state index in [2.05, 4.69) is 24.9 Å². The van der Waals surface area contributed by atoms with E-state index in [9.17, 15) is 9.90 Å². The van der Waals surface area contributed by atoms with Crippen LogP contribution in [0.1, 0.15) is 38.3 Å². The summed E-state index contributed by atoms with van der Waals surface area (Å²) in [6.07, 6.45) is 6.86. The fourth-order valence-electron chi connectivity index (χ4n) is 3.05. The highest BCUT2D eigenvalue weighted by Crippen LogP contribution is 2.44. The number of amides is 1. The number of ether oxygens (including phenoxy) is 1. The molecule has 2 aromatic rings. The van der Waals surface area contributed by atoms with Crippen molar-refractivity contribution < 1.29 is 14.6 Å². The quantitative estimate of drug-likeness (QED) is 0.833. The molecule has 134 valence electrons. The van der Waals surface area contributed by atoms with Crippen LogP contribution in [0.5, 0.6) is 5.88 Å². The lowest BCUT2D eigenvalue weighted by Gasteiger charge is -2.24. The minimum Gasteiger partial charge on any atom is -0.480 e. The Labute approximate surface area is 149 Å². The van der Waals surface area contributed by atoms with E-state index in [-0.39, 0.29) is 5.49 Å². The number of carbonyl (C=O) groups is 1. The molecule has 1 aliphatic carbocycles. The molecule has 8 heteroatoms. The standard InChI is InChI=1S/C18H19N5O3/c1-18(2,25)11-6-10-7-19-15(22-14(10)23-16(11)24)12-13(9-4-5-9)20-8-21-17(12)26-3/h6-9,11,25H,4-5H2,1-3H3. The van der Waals surface area contributed by atoms with Gasteiger partial charge in [-0.05, 0) is 26.7 Å². The number of aliphatic hydroxyl groups is 1. The number of methoxy groups -OCH3 is 1. The maximum absolute atomic E-state index is 12.3. The van der Waals surface area contributed by atoms with Crippen molar-refractivity contribution >= 4 is 12.0 Å². The average molecular weight is 353 g/mol. The average Bonchev–Trinajstić information content (AvgIpc) is 3.44. The molecule has 1 atom stereocenters. The Balaban J connectivity index is 1.87. The van der Waals surface area contributed by atoms with Gasteiger partial charge in [0.05, 0.1) is 24.3 Å². The smallest absolute Gasteiger partial charge is 0.257 e. The van der Waals surface area contributed by atoms with Gasteiger partial charge in [0.25, 0.3) is 5.91 Å². The molecule has 1 aliphatic heterocycles. The number of aromatic nitrogens is 4. The lowest BCUT2D eigenvalue weighted by molar-refractivity contribution is -0.125. The second-order valence-electron chi connectivity index (χ2n) is 7.14. The number of carbonyl (C=O) groups excluding carboxylic acids is 1. The zero-order valence-corrected chi connectivity index (χ0v) is 14.8. The minimum atomic E-state index is -1.20. The Morgan fingerprint density at radius 3 is 2.65 bits per heavy atom. The van der Waals surface area contributed by atoms with Gasteiger partial charge in [-0.1, -0.05) is 6.08 Å². The van der Waals surface area contributed by atoms with E-state index in [1.807, 2.05) is 0 Å². The molecule has 0 radical (unpaired) electrons. The van der Waals surface area contributed by atoms with E-state index in [1.54, 1.807) is 26.1 Å². The van der Waals surface area contributed by atoms with E-state index in [1.165, 1.54) is 13.4 Å². The van der Waals surface area contributed by atoms with Crippen LogP contribution in [-0.4, -0.2) is 43.7 Å². The van der Waals surface area contributed by atoms with Crippen molar-refractivity contribution in [3.63, 3.8) is 0 Å². The molecule has 2 aromatic heterocycles. The first-order chi connectivity index (χ1) is 12.4. The first-order valence-electron chi connectivity index (χ1n) is 8.47. The molecule has 4 rings (SSSR count). The Morgan fingerprint density at radius 2 is 2.00 bits per heavy atom. The summed E-state index contributed by atoms with van der Waals surface area (Å²) in [6, 6.07) is 0. The van der Waals surface area contributed by atoms with Crippen molar-refractivity contribution in [2.75, 3.05) is 7.11 Å². The second kappa shape index (κ2) is 5.91. The summed E-state index contributed by atoms with van der Waals surface area (Å²) < 4.78 is 5.38. The third kappa shape index (κ3) is 2.86. The number of nitrogens with zero attached hydrogens (tertiary/aromatic N) is 5. The molecule has 2 aliphatic rings. The monoisotopic (exact) mass is 353 g/mol. The largest absolute Gasteiger partial charge is 0.480 e. The van der Waals surface area contributed by atoms with Crippen molar-refractivity contribution in [2.24, 2.45) is 10.9 Å². The first kappa shape index (κ1) is 16.7. The number of hydrogen-bond acceptors (Lipinski definition) is 7. The van der Waals surface area contributed by atoms with Crippen LogP contribution < -0.4 is 15.4 Å². The van der Waals surface area contributed by atoms with Crippen LogP contribution in [0, 0.1) is 5.92 Å². The molecule has 1 fully saturated rings. The Hall–Kier alpha value is -2.74. The van der Waals surface area contributed by atoms with Gasteiger partial charge >= 0.3 is 0 Å². The zero-order chi connectivity index (χ0) is 18.5. The fourth-order valence-corrected chi connectivity index (χ4v) is 3.05. The van der Waals surface area contributed by atoms with Gasteiger partial charge in [0, 0.05) is 17.3 Å². The van der Waals surface area contributed by atoms with Crippen LogP contribution in [0.25, 0.3) is 17.5 Å². The van der Waals surface area contributed by atoms with E-state index < -0.39 is 17.4 Å². The number of fused-ring (bicyclic) bond motifs is 1. The predicted octanol–water partition coefficient (Wildman–Crippen LogP) is 0.147. The summed E-state index contributed by atoms with van der Waals surface area (Å²) in [5, 5.41) is 10.8. The topological polar surface area (TPSA) is 110 Å². The summed E-state index contributed by atoms with van der Waals surface area (Å²) in [5.41, 5.74) is 0.588. The van der Waals surface area contributed by atoms with E-state index in [0.717, 1.165) is 18.5 Å². The third-order valence-corrected chi connectivity index (χ3v) is 4.61. The molecular weight excluding hydrogens is 334 g/mol. The van der Waals surface area contributed by atoms with Gasteiger partial charge in [-0.3, -0.25) is 4.79 Å². The summed E-state index contributed by atoms with van der Waals surface area (Å²) >= 11 is 0. The normalized spacial score (nSPS) is 19.4. The number of hydrogen-bond donors (Lipinski definition) is 1. The predicted molar refractivity (Wildman–Crippen MR) is 91.6 cm³/mol. The highest BCUT2D eigenvalue weighted by atomic mass is 16.5. The Kier molecular flexibility index (Phi) is 3.80.